The summed E-state index contributed by atoms with van der Waals surface area (Å²) in [5, 5.41) is 6.54. The minimum Gasteiger partial charge on any atom is -0.267 e. The van der Waals surface area contributed by atoms with Gasteiger partial charge in [0.15, 0.2) is 0 Å². The molecule has 1 fully saturated rings. The van der Waals surface area contributed by atoms with Gasteiger partial charge in [0.05, 0.1) is 16.6 Å². The highest BCUT2D eigenvalue weighted by molar-refractivity contribution is 7.89. The molecule has 3 aromatic carbocycles. The van der Waals surface area contributed by atoms with Gasteiger partial charge in [0.1, 0.15) is 0 Å². The second-order valence-electron chi connectivity index (χ2n) is 9.87. The number of nitrogens with one attached hydrogen (secondary N) is 1. The summed E-state index contributed by atoms with van der Waals surface area (Å²) < 4.78 is 27.7. The fraction of sp³-hybridized carbons (Fsp3) is 0.267. The summed E-state index contributed by atoms with van der Waals surface area (Å²) in [5.74, 6) is -0.138. The Morgan fingerprint density at radius 3 is 2.27 bits per heavy atom. The van der Waals surface area contributed by atoms with Crippen LogP contribution in [0.5, 0.6) is 0 Å². The Morgan fingerprint density at radius 2 is 1.62 bits per heavy atom. The standard InChI is InChI=1S/C30H31N3O3S/c1-21(2)32-37(35,36)26-18-16-24(17-19-26)30(34)33-29(23-12-7-4-8-13-23)27-15-9-14-25(28(27)31-33)20-22-10-5-3-6-11-22/h3-8,10-13,16-21,27,29,32H,9,14-15H2,1-2H3/b25-20-/t27-,29+/m0/s1. The summed E-state index contributed by atoms with van der Waals surface area (Å²) in [6, 6.07) is 25.9. The number of carbonyl (C=O) groups is 1. The summed E-state index contributed by atoms with van der Waals surface area (Å²) in [5.41, 5.74) is 4.70. The van der Waals surface area contributed by atoms with Crippen LogP contribution in [0.15, 0.2) is 100 Å². The maximum atomic E-state index is 13.8. The van der Waals surface area contributed by atoms with E-state index in [0.717, 1.165) is 36.1 Å². The van der Waals surface area contributed by atoms with Gasteiger partial charge in [-0.3, -0.25) is 4.79 Å². The summed E-state index contributed by atoms with van der Waals surface area (Å²) >= 11 is 0. The SMILES string of the molecule is CC(C)NS(=O)(=O)c1ccc(C(=O)N2N=C3/C(=C\c4ccccc4)CCC[C@@H]3[C@H]2c2ccccc2)cc1. The fourth-order valence-corrected chi connectivity index (χ4v) is 6.44. The lowest BCUT2D eigenvalue weighted by Gasteiger charge is -2.29. The zero-order chi connectivity index (χ0) is 26.0. The molecule has 5 rings (SSSR count). The van der Waals surface area contributed by atoms with Crippen LogP contribution in [-0.4, -0.2) is 31.1 Å². The average molecular weight is 514 g/mol. The molecule has 3 aromatic rings. The normalized spacial score (nSPS) is 20.7. The molecule has 0 aromatic heterocycles. The number of hydrazone groups is 1. The number of rotatable bonds is 6. The number of amides is 1. The molecular weight excluding hydrogens is 482 g/mol. The van der Waals surface area contributed by atoms with Gasteiger partial charge < -0.3 is 0 Å². The third kappa shape index (κ3) is 5.29. The molecule has 2 aliphatic rings. The highest BCUT2D eigenvalue weighted by atomic mass is 32.2. The second-order valence-corrected chi connectivity index (χ2v) is 11.6. The van der Waals surface area contributed by atoms with Crippen LogP contribution < -0.4 is 4.72 Å². The van der Waals surface area contributed by atoms with Gasteiger partial charge in [-0.25, -0.2) is 18.1 Å². The van der Waals surface area contributed by atoms with E-state index in [4.69, 9.17) is 5.10 Å². The Bertz CT molecular complexity index is 1430. The van der Waals surface area contributed by atoms with Crippen LogP contribution in [0.4, 0.5) is 0 Å². The first kappa shape index (κ1) is 25.1. The number of allylic oxidation sites excluding steroid dienone is 1. The molecule has 1 saturated carbocycles. The molecule has 6 nitrogen and oxygen atoms in total. The van der Waals surface area contributed by atoms with Crippen molar-refractivity contribution in [3.8, 4) is 0 Å². The molecule has 0 bridgehead atoms. The van der Waals surface area contributed by atoms with E-state index in [0.29, 0.717) is 5.56 Å². The van der Waals surface area contributed by atoms with E-state index in [-0.39, 0.29) is 28.8 Å². The van der Waals surface area contributed by atoms with E-state index < -0.39 is 10.0 Å². The number of sulfonamides is 1. The molecular formula is C30H31N3O3S. The molecule has 7 heteroatoms. The Morgan fingerprint density at radius 1 is 0.973 bits per heavy atom. The van der Waals surface area contributed by atoms with E-state index in [1.165, 1.54) is 17.7 Å². The average Bonchev–Trinajstić information content (AvgIpc) is 3.29. The van der Waals surface area contributed by atoms with E-state index in [1.807, 2.05) is 48.5 Å². The Balaban J connectivity index is 1.51. The molecule has 1 heterocycles. The smallest absolute Gasteiger partial charge is 0.267 e. The topological polar surface area (TPSA) is 78.8 Å². The van der Waals surface area contributed by atoms with Gasteiger partial charge in [0.2, 0.25) is 10.0 Å². The summed E-state index contributed by atoms with van der Waals surface area (Å²) in [7, 11) is -3.64. The zero-order valence-electron chi connectivity index (χ0n) is 21.0. The molecule has 1 amide bonds. The summed E-state index contributed by atoms with van der Waals surface area (Å²) in [6.07, 6.45) is 5.08. The van der Waals surface area contributed by atoms with E-state index in [9.17, 15) is 13.2 Å². The van der Waals surface area contributed by atoms with Crippen molar-refractivity contribution in [1.29, 1.82) is 0 Å². The lowest BCUT2D eigenvalue weighted by atomic mass is 9.77. The van der Waals surface area contributed by atoms with Gasteiger partial charge in [-0.05, 0) is 80.2 Å². The van der Waals surface area contributed by atoms with E-state index in [2.05, 4.69) is 22.9 Å². The molecule has 190 valence electrons. The van der Waals surface area contributed by atoms with Crippen LogP contribution in [0, 0.1) is 5.92 Å². The van der Waals surface area contributed by atoms with Gasteiger partial charge in [0, 0.05) is 17.5 Å². The lowest BCUT2D eigenvalue weighted by Crippen LogP contribution is -2.32. The first-order valence-electron chi connectivity index (χ1n) is 12.7. The molecule has 1 aliphatic carbocycles. The lowest BCUT2D eigenvalue weighted by molar-refractivity contribution is 0.0680. The first-order valence-corrected chi connectivity index (χ1v) is 14.2. The van der Waals surface area contributed by atoms with Crippen molar-refractivity contribution in [2.75, 3.05) is 0 Å². The predicted octanol–water partition coefficient (Wildman–Crippen LogP) is 5.81. The number of fused-ring (bicyclic) bond motifs is 1. The van der Waals surface area contributed by atoms with Crippen molar-refractivity contribution in [2.45, 2.75) is 50.1 Å². The third-order valence-corrected chi connectivity index (χ3v) is 8.47. The third-order valence-electron chi connectivity index (χ3n) is 6.79. The van der Waals surface area contributed by atoms with Crippen LogP contribution in [0.1, 0.15) is 60.6 Å². The van der Waals surface area contributed by atoms with Crippen molar-refractivity contribution in [3.63, 3.8) is 0 Å². The van der Waals surface area contributed by atoms with Crippen molar-refractivity contribution in [1.82, 2.24) is 9.73 Å². The number of hydrogen-bond acceptors (Lipinski definition) is 4. The Kier molecular flexibility index (Phi) is 7.09. The van der Waals surface area contributed by atoms with Crippen molar-refractivity contribution >= 4 is 27.7 Å². The van der Waals surface area contributed by atoms with Crippen LogP contribution >= 0.6 is 0 Å². The second kappa shape index (κ2) is 10.4. The van der Waals surface area contributed by atoms with Crippen LogP contribution in [-0.2, 0) is 10.0 Å². The molecule has 0 radical (unpaired) electrons. The molecule has 0 saturated heterocycles. The number of hydrogen-bond donors (Lipinski definition) is 1. The van der Waals surface area contributed by atoms with Crippen LogP contribution in [0.2, 0.25) is 0 Å². The summed E-state index contributed by atoms with van der Waals surface area (Å²) in [6.45, 7) is 3.54. The fourth-order valence-electron chi connectivity index (χ4n) is 5.19. The molecule has 1 N–H and O–H groups in total. The number of nitrogens with zero attached hydrogens (tertiary/aromatic N) is 2. The molecule has 2 atom stereocenters. The predicted molar refractivity (Wildman–Crippen MR) is 146 cm³/mol. The number of carbonyl (C=O) groups excluding carboxylic acids is 1. The maximum Gasteiger partial charge on any atom is 0.274 e. The van der Waals surface area contributed by atoms with E-state index in [1.54, 1.807) is 31.0 Å². The van der Waals surface area contributed by atoms with Crippen molar-refractivity contribution in [3.05, 3.63) is 107 Å². The first-order chi connectivity index (χ1) is 17.8. The minimum atomic E-state index is -3.64. The molecule has 0 unspecified atom stereocenters. The van der Waals surface area contributed by atoms with Crippen molar-refractivity contribution < 1.29 is 13.2 Å². The minimum absolute atomic E-state index is 0.102. The van der Waals surface area contributed by atoms with Gasteiger partial charge in [-0.1, -0.05) is 60.7 Å². The molecule has 37 heavy (non-hydrogen) atoms. The number of benzene rings is 3. The maximum absolute atomic E-state index is 13.8. The quantitative estimate of drug-likeness (QED) is 0.452. The zero-order valence-corrected chi connectivity index (χ0v) is 21.9. The van der Waals surface area contributed by atoms with Crippen molar-refractivity contribution in [2.24, 2.45) is 11.0 Å². The largest absolute Gasteiger partial charge is 0.274 e. The van der Waals surface area contributed by atoms with Crippen LogP contribution in [0.3, 0.4) is 0 Å². The van der Waals surface area contributed by atoms with Gasteiger partial charge in [-0.15, -0.1) is 0 Å². The van der Waals surface area contributed by atoms with Gasteiger partial charge in [-0.2, -0.15) is 5.10 Å². The Labute approximate surface area is 218 Å². The van der Waals surface area contributed by atoms with Crippen LogP contribution in [0.25, 0.3) is 6.08 Å². The van der Waals surface area contributed by atoms with E-state index >= 15 is 0 Å². The molecule has 1 aliphatic heterocycles. The van der Waals surface area contributed by atoms with Gasteiger partial charge >= 0.3 is 0 Å². The molecule has 0 spiro atoms. The Hall–Kier alpha value is -3.55. The summed E-state index contributed by atoms with van der Waals surface area (Å²) in [4.78, 5) is 13.9. The monoisotopic (exact) mass is 513 g/mol. The van der Waals surface area contributed by atoms with Gasteiger partial charge in [0.25, 0.3) is 5.91 Å². The highest BCUT2D eigenvalue weighted by Gasteiger charge is 2.43. The highest BCUT2D eigenvalue weighted by Crippen LogP contribution is 2.44.